The molecule has 0 atom stereocenters. The minimum atomic E-state index is 0.272. The zero-order chi connectivity index (χ0) is 9.68. The van der Waals surface area contributed by atoms with Crippen LogP contribution in [0, 0.1) is 11.3 Å². The van der Waals surface area contributed by atoms with E-state index in [2.05, 4.69) is 16.9 Å². The summed E-state index contributed by atoms with van der Waals surface area (Å²) in [6.07, 6.45) is 2.67. The molecule has 68 valence electrons. The van der Waals surface area contributed by atoms with Gasteiger partial charge in [-0.2, -0.15) is 5.26 Å². The summed E-state index contributed by atoms with van der Waals surface area (Å²) in [5, 5.41) is 12.6. The molecule has 0 aliphatic heterocycles. The monoisotopic (exact) mass is 213 g/mol. The molecular formula is C8H8ClN3S. The number of anilines is 1. The van der Waals surface area contributed by atoms with Crippen molar-refractivity contribution in [3.8, 4) is 6.07 Å². The summed E-state index contributed by atoms with van der Waals surface area (Å²) < 4.78 is 0. The second kappa shape index (κ2) is 4.85. The molecule has 0 saturated heterocycles. The Morgan fingerprint density at radius 1 is 1.77 bits per heavy atom. The van der Waals surface area contributed by atoms with Crippen molar-refractivity contribution >= 4 is 28.1 Å². The number of halogens is 1. The summed E-state index contributed by atoms with van der Waals surface area (Å²) in [5.74, 6) is 0. The first kappa shape index (κ1) is 10.0. The Kier molecular flexibility index (Phi) is 3.74. The van der Waals surface area contributed by atoms with Crippen LogP contribution in [0.3, 0.4) is 0 Å². The van der Waals surface area contributed by atoms with Crippen LogP contribution in [0.2, 0.25) is 5.15 Å². The Balaban J connectivity index is 2.59. The molecule has 0 saturated carbocycles. The van der Waals surface area contributed by atoms with Crippen molar-refractivity contribution < 1.29 is 0 Å². The zero-order valence-electron chi connectivity index (χ0n) is 6.88. The minimum absolute atomic E-state index is 0.272. The zero-order valence-corrected chi connectivity index (χ0v) is 8.45. The molecule has 0 spiro atoms. The maximum Gasteiger partial charge on any atom is 0.185 e. The van der Waals surface area contributed by atoms with E-state index in [1.54, 1.807) is 0 Å². The van der Waals surface area contributed by atoms with E-state index in [4.69, 9.17) is 16.9 Å². The second-order valence-corrected chi connectivity index (χ2v) is 3.61. The van der Waals surface area contributed by atoms with E-state index in [0.29, 0.717) is 10.0 Å². The van der Waals surface area contributed by atoms with Crippen molar-refractivity contribution in [2.24, 2.45) is 0 Å². The molecule has 0 unspecified atom stereocenters. The third kappa shape index (κ3) is 2.72. The van der Waals surface area contributed by atoms with E-state index in [1.807, 2.05) is 12.1 Å². The Morgan fingerprint density at radius 3 is 3.08 bits per heavy atom. The van der Waals surface area contributed by atoms with Gasteiger partial charge in [0, 0.05) is 6.54 Å². The molecule has 1 aromatic rings. The molecule has 1 N–H and O–H groups in total. The molecule has 1 rings (SSSR count). The van der Waals surface area contributed by atoms with E-state index in [1.165, 1.54) is 11.3 Å². The molecule has 0 fully saturated rings. The highest BCUT2D eigenvalue weighted by Gasteiger charge is 2.06. The van der Waals surface area contributed by atoms with E-state index >= 15 is 0 Å². The molecule has 5 heteroatoms. The van der Waals surface area contributed by atoms with Gasteiger partial charge in [0.15, 0.2) is 10.3 Å². The number of nitrogens with one attached hydrogen (secondary N) is 1. The number of aromatic nitrogens is 1. The molecule has 0 aliphatic rings. The minimum Gasteiger partial charge on any atom is -0.361 e. The average Bonchev–Trinajstić information content (AvgIpc) is 2.47. The summed E-state index contributed by atoms with van der Waals surface area (Å²) in [6.45, 7) is 4.36. The predicted octanol–water partition coefficient (Wildman–Crippen LogP) is 2.66. The SMILES string of the molecule is C=CCCNc1nc(Cl)c(C#N)s1. The summed E-state index contributed by atoms with van der Waals surface area (Å²) >= 11 is 6.93. The molecule has 0 amide bonds. The number of hydrogen-bond donors (Lipinski definition) is 1. The molecule has 3 nitrogen and oxygen atoms in total. The van der Waals surface area contributed by atoms with Gasteiger partial charge in [0.25, 0.3) is 0 Å². The number of thiazole rings is 1. The highest BCUT2D eigenvalue weighted by molar-refractivity contribution is 7.16. The fourth-order valence-electron chi connectivity index (χ4n) is 0.727. The molecule has 13 heavy (non-hydrogen) atoms. The fraction of sp³-hybridized carbons (Fsp3) is 0.250. The van der Waals surface area contributed by atoms with Gasteiger partial charge in [-0.1, -0.05) is 29.0 Å². The second-order valence-electron chi connectivity index (χ2n) is 2.25. The quantitative estimate of drug-likeness (QED) is 0.618. The molecule has 1 aromatic heterocycles. The van der Waals surface area contributed by atoms with Crippen LogP contribution in [0.25, 0.3) is 0 Å². The first-order valence-corrected chi connectivity index (χ1v) is 4.88. The molecule has 0 aliphatic carbocycles. The Bertz CT molecular complexity index is 340. The lowest BCUT2D eigenvalue weighted by Crippen LogP contribution is -1.98. The Labute approximate surface area is 85.7 Å². The molecule has 1 heterocycles. The van der Waals surface area contributed by atoms with Crippen LogP contribution in [0.5, 0.6) is 0 Å². The van der Waals surface area contributed by atoms with Crippen LogP contribution >= 0.6 is 22.9 Å². The Morgan fingerprint density at radius 2 is 2.54 bits per heavy atom. The van der Waals surface area contributed by atoms with Crippen LogP contribution in [0.15, 0.2) is 12.7 Å². The van der Waals surface area contributed by atoms with Crippen LogP contribution < -0.4 is 5.32 Å². The third-order valence-electron chi connectivity index (χ3n) is 1.31. The lowest BCUT2D eigenvalue weighted by molar-refractivity contribution is 1.06. The highest BCUT2D eigenvalue weighted by atomic mass is 35.5. The summed E-state index contributed by atoms with van der Waals surface area (Å²) in [7, 11) is 0. The summed E-state index contributed by atoms with van der Waals surface area (Å²) in [5.41, 5.74) is 0. The van der Waals surface area contributed by atoms with Gasteiger partial charge >= 0.3 is 0 Å². The number of rotatable bonds is 4. The van der Waals surface area contributed by atoms with Crippen molar-refractivity contribution in [2.45, 2.75) is 6.42 Å². The Hall–Kier alpha value is -1.05. The fourth-order valence-corrected chi connectivity index (χ4v) is 1.70. The van der Waals surface area contributed by atoms with Gasteiger partial charge in [-0.15, -0.1) is 6.58 Å². The molecule has 0 radical (unpaired) electrons. The summed E-state index contributed by atoms with van der Waals surface area (Å²) in [4.78, 5) is 4.42. The maximum absolute atomic E-state index is 8.60. The van der Waals surface area contributed by atoms with Crippen molar-refractivity contribution in [1.82, 2.24) is 4.98 Å². The van der Waals surface area contributed by atoms with Gasteiger partial charge in [-0.05, 0) is 6.42 Å². The van der Waals surface area contributed by atoms with E-state index < -0.39 is 0 Å². The topological polar surface area (TPSA) is 48.7 Å². The van der Waals surface area contributed by atoms with Gasteiger partial charge in [-0.3, -0.25) is 0 Å². The first-order valence-electron chi connectivity index (χ1n) is 3.69. The van der Waals surface area contributed by atoms with Crippen LogP contribution in [-0.2, 0) is 0 Å². The lowest BCUT2D eigenvalue weighted by Gasteiger charge is -1.96. The van der Waals surface area contributed by atoms with Gasteiger partial charge in [0.05, 0.1) is 0 Å². The van der Waals surface area contributed by atoms with Crippen LogP contribution in [0.4, 0.5) is 5.13 Å². The van der Waals surface area contributed by atoms with Crippen LogP contribution in [0.1, 0.15) is 11.3 Å². The van der Waals surface area contributed by atoms with Gasteiger partial charge in [0.1, 0.15) is 10.9 Å². The maximum atomic E-state index is 8.60. The van der Waals surface area contributed by atoms with Gasteiger partial charge in [0.2, 0.25) is 0 Å². The number of hydrogen-bond acceptors (Lipinski definition) is 4. The van der Waals surface area contributed by atoms with Crippen molar-refractivity contribution in [2.75, 3.05) is 11.9 Å². The van der Waals surface area contributed by atoms with Crippen molar-refractivity contribution in [1.29, 1.82) is 5.26 Å². The third-order valence-corrected chi connectivity index (χ3v) is 2.62. The number of nitrogens with zero attached hydrogens (tertiary/aromatic N) is 2. The lowest BCUT2D eigenvalue weighted by atomic mass is 10.4. The largest absolute Gasteiger partial charge is 0.361 e. The molecule has 0 bridgehead atoms. The standard InChI is InChI=1S/C8H8ClN3S/c1-2-3-4-11-8-12-7(9)6(5-10)13-8/h2H,1,3-4H2,(H,11,12). The normalized spacial score (nSPS) is 9.23. The highest BCUT2D eigenvalue weighted by Crippen LogP contribution is 2.25. The molecular weight excluding hydrogens is 206 g/mol. The van der Waals surface area contributed by atoms with Crippen molar-refractivity contribution in [3.63, 3.8) is 0 Å². The smallest absolute Gasteiger partial charge is 0.185 e. The first-order chi connectivity index (χ1) is 6.27. The van der Waals surface area contributed by atoms with Crippen LogP contribution in [-0.4, -0.2) is 11.5 Å². The van der Waals surface area contributed by atoms with E-state index in [0.717, 1.165) is 13.0 Å². The molecule has 0 aromatic carbocycles. The predicted molar refractivity (Wildman–Crippen MR) is 55.1 cm³/mol. The van der Waals surface area contributed by atoms with Gasteiger partial charge < -0.3 is 5.32 Å². The average molecular weight is 214 g/mol. The van der Waals surface area contributed by atoms with Crippen molar-refractivity contribution in [3.05, 3.63) is 22.7 Å². The summed E-state index contributed by atoms with van der Waals surface area (Å²) in [6, 6.07) is 1.97. The van der Waals surface area contributed by atoms with E-state index in [-0.39, 0.29) is 5.15 Å². The van der Waals surface area contributed by atoms with E-state index in [9.17, 15) is 0 Å². The van der Waals surface area contributed by atoms with Gasteiger partial charge in [-0.25, -0.2) is 4.98 Å². The number of nitriles is 1.